The molecule has 44 heavy (non-hydrogen) atoms. The van der Waals surface area contributed by atoms with Crippen LogP contribution >= 0.6 is 0 Å². The highest BCUT2D eigenvalue weighted by Crippen LogP contribution is 2.89. The Morgan fingerprint density at radius 2 is 1.61 bits per heavy atom. The molecule has 248 valence electrons. The molecule has 0 aromatic rings. The normalized spacial score (nSPS) is 49.6. The number of esters is 1. The Hall–Kier alpha value is -1.18. The molecular weight excluding hydrogens is 554 g/mol. The van der Waals surface area contributed by atoms with E-state index in [0.717, 1.165) is 25.2 Å². The molecule has 0 aromatic heterocycles. The molecule has 7 fully saturated rings. The lowest BCUT2D eigenvalue weighted by Gasteiger charge is -2.63. The molecule has 1 amide bonds. The molecule has 7 rings (SSSR count). The second kappa shape index (κ2) is 10.4. The smallest absolute Gasteiger partial charge is 0.303 e. The molecule has 2 heterocycles. The van der Waals surface area contributed by atoms with Crippen molar-refractivity contribution in [1.82, 2.24) is 4.90 Å². The van der Waals surface area contributed by atoms with Crippen molar-refractivity contribution in [2.75, 3.05) is 19.7 Å². The fourth-order valence-corrected chi connectivity index (χ4v) is 13.3. The van der Waals surface area contributed by atoms with E-state index in [-0.39, 0.29) is 59.3 Å². The highest BCUT2D eigenvalue weighted by molar-refractivity contribution is 5.73. The van der Waals surface area contributed by atoms with Gasteiger partial charge in [0.15, 0.2) is 6.29 Å². The Labute approximate surface area is 265 Å². The molecule has 4 unspecified atom stereocenters. The summed E-state index contributed by atoms with van der Waals surface area (Å²) in [5.41, 5.74) is 1.57. The van der Waals surface area contributed by atoms with Gasteiger partial charge in [-0.2, -0.15) is 0 Å². The van der Waals surface area contributed by atoms with Crippen molar-refractivity contribution < 1.29 is 28.5 Å². The van der Waals surface area contributed by atoms with Crippen molar-refractivity contribution in [3.63, 3.8) is 0 Å². The first-order valence-electron chi connectivity index (χ1n) is 18.0. The Morgan fingerprint density at radius 3 is 2.32 bits per heavy atom. The first-order valence-corrected chi connectivity index (χ1v) is 18.0. The molecule has 7 aliphatic rings. The first-order chi connectivity index (χ1) is 20.7. The van der Waals surface area contributed by atoms with Crippen LogP contribution in [-0.2, 0) is 28.5 Å². The maximum absolute atomic E-state index is 12.0. The monoisotopic (exact) mass is 613 g/mol. The van der Waals surface area contributed by atoms with E-state index >= 15 is 0 Å². The summed E-state index contributed by atoms with van der Waals surface area (Å²) in [5, 5.41) is 0. The topological polar surface area (TPSA) is 74.3 Å². The van der Waals surface area contributed by atoms with E-state index in [9.17, 15) is 9.59 Å². The highest BCUT2D eigenvalue weighted by atomic mass is 16.7. The van der Waals surface area contributed by atoms with Crippen molar-refractivity contribution in [3.8, 4) is 0 Å². The van der Waals surface area contributed by atoms with E-state index in [1.807, 2.05) is 4.90 Å². The quantitative estimate of drug-likeness (QED) is 0.319. The summed E-state index contributed by atoms with van der Waals surface area (Å²) in [6, 6.07) is 0. The first kappa shape index (κ1) is 31.4. The minimum absolute atomic E-state index is 0.0104. The summed E-state index contributed by atoms with van der Waals surface area (Å²) in [4.78, 5) is 25.9. The number of hydrogen-bond acceptors (Lipinski definition) is 6. The lowest BCUT2D eigenvalue weighted by atomic mass is 9.42. The largest absolute Gasteiger partial charge is 0.460 e. The molecule has 0 N–H and O–H groups in total. The lowest BCUT2D eigenvalue weighted by Crippen LogP contribution is -2.58. The van der Waals surface area contributed by atoms with E-state index in [2.05, 4.69) is 41.5 Å². The van der Waals surface area contributed by atoms with E-state index in [0.29, 0.717) is 47.8 Å². The third kappa shape index (κ3) is 4.29. The molecule has 7 nitrogen and oxygen atoms in total. The molecule has 2 spiro atoms. The average molecular weight is 614 g/mol. The molecule has 7 heteroatoms. The number of ether oxygens (including phenoxy) is 4. The summed E-state index contributed by atoms with van der Waals surface area (Å²) in [7, 11) is 0. The van der Waals surface area contributed by atoms with Crippen LogP contribution in [0.5, 0.6) is 0 Å². The van der Waals surface area contributed by atoms with Gasteiger partial charge in [0.25, 0.3) is 0 Å². The van der Waals surface area contributed by atoms with Gasteiger partial charge in [0.2, 0.25) is 5.91 Å². The number of morpholine rings is 1. The predicted octanol–water partition coefficient (Wildman–Crippen LogP) is 6.76. The molecule has 5 aliphatic carbocycles. The number of amides is 1. The zero-order valence-electron chi connectivity index (χ0n) is 28.8. The summed E-state index contributed by atoms with van der Waals surface area (Å²) in [6.07, 6.45) is 12.4. The molecular formula is C37H59NO6. The lowest BCUT2D eigenvalue weighted by molar-refractivity contribution is -0.246. The maximum atomic E-state index is 12.0. The number of carbonyl (C=O) groups excluding carboxylic acids is 2. The Morgan fingerprint density at radius 1 is 0.886 bits per heavy atom. The van der Waals surface area contributed by atoms with Crippen LogP contribution in [0.15, 0.2) is 0 Å². The average Bonchev–Trinajstić information content (AvgIpc) is 3.56. The van der Waals surface area contributed by atoms with Gasteiger partial charge < -0.3 is 23.8 Å². The van der Waals surface area contributed by atoms with Gasteiger partial charge in [-0.3, -0.25) is 9.59 Å². The number of rotatable bonds is 5. The van der Waals surface area contributed by atoms with Crippen LogP contribution in [0, 0.1) is 50.7 Å². The van der Waals surface area contributed by atoms with Crippen LogP contribution in [0.3, 0.4) is 0 Å². The Balaban J connectivity index is 1.09. The van der Waals surface area contributed by atoms with Crippen LogP contribution in [0.1, 0.15) is 120 Å². The third-order valence-corrected chi connectivity index (χ3v) is 15.4. The number of fused-ring (bicyclic) bond motifs is 4. The van der Waals surface area contributed by atoms with E-state index in [4.69, 9.17) is 18.9 Å². The molecule has 12 atom stereocenters. The molecule has 0 aromatic carbocycles. The Bertz CT molecular complexity index is 1170. The van der Waals surface area contributed by atoms with Crippen molar-refractivity contribution in [2.45, 2.75) is 150 Å². The van der Waals surface area contributed by atoms with Crippen molar-refractivity contribution >= 4 is 11.9 Å². The van der Waals surface area contributed by atoms with Gasteiger partial charge in [0.05, 0.1) is 31.5 Å². The zero-order valence-corrected chi connectivity index (χ0v) is 28.8. The minimum Gasteiger partial charge on any atom is -0.460 e. The van der Waals surface area contributed by atoms with E-state index < -0.39 is 0 Å². The van der Waals surface area contributed by atoms with Gasteiger partial charge in [-0.25, -0.2) is 0 Å². The SMILES string of the molecule is CC(=O)O[C@H](C(C)C)C1CC[C@H]2C(C[C@@]3(C)C4CC[C@H]5C(C)(C)[C@@H](OC6CN(C(C)=O)CCO6)CC[C@@]56C[C@@]46CC[C@]23C)O1. The summed E-state index contributed by atoms with van der Waals surface area (Å²) in [5.74, 6) is 2.19. The molecule has 0 radical (unpaired) electrons. The molecule has 2 saturated heterocycles. The standard InChI is InChI=1S/C37H59NO6/c1-22(2)32(42-24(4)40)26-10-9-25-27(43-26)19-35(8)29-12-11-28-33(5,6)30(44-31-20-38(23(3)39)17-18-41-31)13-14-36(28)21-37(29,36)16-15-34(25,35)7/h22,25-32H,9-21H2,1-8H3/t25-,26?,27?,28-,29?,30-,31?,32+,34+,35-,36+,37-/m0/s1. The third-order valence-electron chi connectivity index (χ3n) is 15.4. The van der Waals surface area contributed by atoms with E-state index in [1.165, 1.54) is 51.9 Å². The number of nitrogens with zero attached hydrogens (tertiary/aromatic N) is 1. The number of carbonyl (C=O) groups is 2. The molecule has 5 saturated carbocycles. The highest BCUT2D eigenvalue weighted by Gasteiger charge is 2.83. The van der Waals surface area contributed by atoms with Crippen molar-refractivity contribution in [3.05, 3.63) is 0 Å². The van der Waals surface area contributed by atoms with Crippen LogP contribution in [0.25, 0.3) is 0 Å². The minimum atomic E-state index is -0.313. The maximum Gasteiger partial charge on any atom is 0.303 e. The van der Waals surface area contributed by atoms with Gasteiger partial charge in [-0.1, -0.05) is 41.5 Å². The van der Waals surface area contributed by atoms with E-state index in [1.54, 1.807) is 6.92 Å². The second-order valence-corrected chi connectivity index (χ2v) is 17.7. The van der Waals surface area contributed by atoms with Crippen molar-refractivity contribution in [2.24, 2.45) is 50.7 Å². The predicted molar refractivity (Wildman–Crippen MR) is 167 cm³/mol. The number of hydrogen-bond donors (Lipinski definition) is 0. The fraction of sp³-hybridized carbons (Fsp3) is 0.946. The van der Waals surface area contributed by atoms with Crippen LogP contribution in [0.2, 0.25) is 0 Å². The van der Waals surface area contributed by atoms with Gasteiger partial charge >= 0.3 is 5.97 Å². The molecule has 2 aliphatic heterocycles. The summed E-state index contributed by atoms with van der Waals surface area (Å²) >= 11 is 0. The van der Waals surface area contributed by atoms with Gasteiger partial charge in [-0.15, -0.1) is 0 Å². The van der Waals surface area contributed by atoms with Crippen LogP contribution in [-0.4, -0.2) is 67.2 Å². The van der Waals surface area contributed by atoms with Gasteiger partial charge in [-0.05, 0) is 115 Å². The van der Waals surface area contributed by atoms with Crippen LogP contribution in [0.4, 0.5) is 0 Å². The molecule has 0 bridgehead atoms. The van der Waals surface area contributed by atoms with Crippen molar-refractivity contribution in [1.29, 1.82) is 0 Å². The van der Waals surface area contributed by atoms with Gasteiger partial charge in [0.1, 0.15) is 6.10 Å². The zero-order chi connectivity index (χ0) is 31.4. The fourth-order valence-electron chi connectivity index (χ4n) is 13.3. The Kier molecular flexibility index (Phi) is 7.43. The van der Waals surface area contributed by atoms with Crippen LogP contribution < -0.4 is 0 Å². The van der Waals surface area contributed by atoms with Gasteiger partial charge in [0, 0.05) is 20.4 Å². The summed E-state index contributed by atoms with van der Waals surface area (Å²) < 4.78 is 25.6. The summed E-state index contributed by atoms with van der Waals surface area (Å²) in [6.45, 7) is 19.5. The second-order valence-electron chi connectivity index (χ2n) is 17.7.